The molecule has 0 saturated heterocycles. The van der Waals surface area contributed by atoms with Gasteiger partial charge < -0.3 is 9.47 Å². The fourth-order valence-electron chi connectivity index (χ4n) is 4.62. The van der Waals surface area contributed by atoms with E-state index < -0.39 is 32.9 Å². The van der Waals surface area contributed by atoms with Gasteiger partial charge in [-0.2, -0.15) is 0 Å². The van der Waals surface area contributed by atoms with E-state index in [4.69, 9.17) is 9.47 Å². The van der Waals surface area contributed by atoms with Crippen molar-refractivity contribution in [2.45, 2.75) is 50.0 Å². The molecule has 0 aromatic heterocycles. The predicted octanol–water partition coefficient (Wildman–Crippen LogP) is 5.44. The minimum Gasteiger partial charge on any atom is -0.497 e. The number of hydrogen-bond acceptors (Lipinski definition) is 6. The molecule has 0 unspecified atom stereocenters. The monoisotopic (exact) mass is 521 g/mol. The number of sulfone groups is 1. The highest BCUT2D eigenvalue weighted by atomic mass is 32.2. The summed E-state index contributed by atoms with van der Waals surface area (Å²) in [6, 6.07) is 20.5. The number of ether oxygens (including phenoxy) is 2. The lowest BCUT2D eigenvalue weighted by atomic mass is 9.73. The highest BCUT2D eigenvalue weighted by Gasteiger charge is 2.55. The highest BCUT2D eigenvalue weighted by molar-refractivity contribution is 7.91. The largest absolute Gasteiger partial charge is 0.497 e. The van der Waals surface area contributed by atoms with Crippen LogP contribution in [0.1, 0.15) is 43.9 Å². The number of imide groups is 1. The molecule has 4 rings (SSSR count). The Kier molecular flexibility index (Phi) is 6.90. The van der Waals surface area contributed by atoms with Gasteiger partial charge in [-0.15, -0.1) is 0 Å². The second-order valence-corrected chi connectivity index (χ2v) is 12.3. The van der Waals surface area contributed by atoms with Gasteiger partial charge in [-0.05, 0) is 70.0 Å². The van der Waals surface area contributed by atoms with Crippen LogP contribution in [0.15, 0.2) is 77.7 Å². The number of aryl methyl sites for hydroxylation is 1. The van der Waals surface area contributed by atoms with E-state index in [0.29, 0.717) is 22.6 Å². The van der Waals surface area contributed by atoms with Crippen LogP contribution in [0.5, 0.6) is 5.75 Å². The first-order chi connectivity index (χ1) is 17.4. The number of hydrogen-bond donors (Lipinski definition) is 0. The summed E-state index contributed by atoms with van der Waals surface area (Å²) in [5.41, 5.74) is 0.127. The van der Waals surface area contributed by atoms with Gasteiger partial charge in [-0.3, -0.25) is 4.79 Å². The summed E-state index contributed by atoms with van der Waals surface area (Å²) in [6.07, 6.45) is -0.894. The van der Waals surface area contributed by atoms with Gasteiger partial charge in [0.25, 0.3) is 5.91 Å². The van der Waals surface area contributed by atoms with Crippen molar-refractivity contribution >= 4 is 27.5 Å². The van der Waals surface area contributed by atoms with Gasteiger partial charge >= 0.3 is 6.09 Å². The first-order valence-corrected chi connectivity index (χ1v) is 13.7. The fourth-order valence-corrected chi connectivity index (χ4v) is 6.00. The standard InChI is InChI=1S/C29H31NO6S/c1-20-11-13-21(14-12-20)29(17-18-37(33,34)23-9-7-6-8-10-23)24-19-22(35-5)15-16-25(24)30(26(29)31)27(32)36-28(2,3)4/h6-16,19H,17-18H2,1-5H3/t29-/m1/s1. The number of methoxy groups -OCH3 is 1. The molecule has 0 fully saturated rings. The molecule has 0 N–H and O–H groups in total. The molecule has 2 amide bonds. The van der Waals surface area contributed by atoms with E-state index >= 15 is 0 Å². The van der Waals surface area contributed by atoms with Gasteiger partial charge in [0.15, 0.2) is 9.84 Å². The van der Waals surface area contributed by atoms with Crippen LogP contribution in [0.4, 0.5) is 10.5 Å². The molecule has 0 aliphatic carbocycles. The maximum Gasteiger partial charge on any atom is 0.421 e. The minimum absolute atomic E-state index is 0.0778. The van der Waals surface area contributed by atoms with Crippen molar-refractivity contribution in [1.29, 1.82) is 0 Å². The fraction of sp³-hybridized carbons (Fsp3) is 0.310. The molecule has 0 saturated carbocycles. The van der Waals surface area contributed by atoms with E-state index in [1.54, 1.807) is 57.2 Å². The van der Waals surface area contributed by atoms with E-state index in [1.165, 1.54) is 19.2 Å². The van der Waals surface area contributed by atoms with Crippen LogP contribution in [0.25, 0.3) is 0 Å². The Morgan fingerprint density at radius 2 is 1.62 bits per heavy atom. The van der Waals surface area contributed by atoms with Crippen LogP contribution < -0.4 is 9.64 Å². The molecule has 1 aliphatic heterocycles. The summed E-state index contributed by atoms with van der Waals surface area (Å²) >= 11 is 0. The number of nitrogens with zero attached hydrogens (tertiary/aromatic N) is 1. The molecule has 3 aromatic rings. The van der Waals surface area contributed by atoms with Crippen LogP contribution in [-0.2, 0) is 24.8 Å². The summed E-state index contributed by atoms with van der Waals surface area (Å²) < 4.78 is 37.7. The first-order valence-electron chi connectivity index (χ1n) is 12.0. The highest BCUT2D eigenvalue weighted by Crippen LogP contribution is 2.50. The van der Waals surface area contributed by atoms with Crippen LogP contribution in [-0.4, -0.2) is 38.9 Å². The van der Waals surface area contributed by atoms with Crippen molar-refractivity contribution < 1.29 is 27.5 Å². The maximum atomic E-state index is 14.3. The number of benzene rings is 3. The number of amides is 2. The molecular weight excluding hydrogens is 490 g/mol. The quantitative estimate of drug-likeness (QED) is 0.429. The zero-order valence-corrected chi connectivity index (χ0v) is 22.5. The lowest BCUT2D eigenvalue weighted by Gasteiger charge is -2.30. The van der Waals surface area contributed by atoms with Crippen molar-refractivity contribution in [3.8, 4) is 5.75 Å². The molecule has 1 aliphatic rings. The molecule has 7 nitrogen and oxygen atoms in total. The SMILES string of the molecule is COc1ccc2c(c1)[C@@](CCS(=O)(=O)c1ccccc1)(c1ccc(C)cc1)C(=O)N2C(=O)OC(C)(C)C. The van der Waals surface area contributed by atoms with Crippen LogP contribution >= 0.6 is 0 Å². The molecule has 8 heteroatoms. The van der Waals surface area contributed by atoms with E-state index in [0.717, 1.165) is 10.5 Å². The summed E-state index contributed by atoms with van der Waals surface area (Å²) in [7, 11) is -2.22. The number of fused-ring (bicyclic) bond motifs is 1. The van der Waals surface area contributed by atoms with Gasteiger partial charge in [0, 0.05) is 5.56 Å². The molecule has 1 heterocycles. The average Bonchev–Trinajstić information content (AvgIpc) is 3.10. The molecule has 0 radical (unpaired) electrons. The number of carbonyl (C=O) groups excluding carboxylic acids is 2. The third kappa shape index (κ3) is 4.98. The number of carbonyl (C=O) groups is 2. The van der Waals surface area contributed by atoms with Crippen molar-refractivity contribution in [1.82, 2.24) is 0 Å². The van der Waals surface area contributed by atoms with E-state index in [-0.39, 0.29) is 17.1 Å². The third-order valence-corrected chi connectivity index (χ3v) is 8.17. The molecule has 0 bridgehead atoms. The Morgan fingerprint density at radius 1 is 0.973 bits per heavy atom. The van der Waals surface area contributed by atoms with Crippen LogP contribution in [0.2, 0.25) is 0 Å². The minimum atomic E-state index is -3.73. The van der Waals surface area contributed by atoms with E-state index in [9.17, 15) is 18.0 Å². The smallest absolute Gasteiger partial charge is 0.421 e. The number of anilines is 1. The van der Waals surface area contributed by atoms with Crippen molar-refractivity contribution in [2.75, 3.05) is 17.8 Å². The molecular formula is C29H31NO6S. The molecule has 1 atom stereocenters. The van der Waals surface area contributed by atoms with Crippen molar-refractivity contribution in [2.24, 2.45) is 0 Å². The van der Waals surface area contributed by atoms with Gasteiger partial charge in [-0.1, -0.05) is 48.0 Å². The zero-order valence-electron chi connectivity index (χ0n) is 21.6. The lowest BCUT2D eigenvalue weighted by Crippen LogP contribution is -2.46. The molecule has 3 aromatic carbocycles. The molecule has 194 valence electrons. The first kappa shape index (κ1) is 26.4. The second-order valence-electron chi connectivity index (χ2n) is 10.2. The van der Waals surface area contributed by atoms with E-state index in [2.05, 4.69) is 0 Å². The summed E-state index contributed by atoms with van der Waals surface area (Å²) in [5, 5.41) is 0. The van der Waals surface area contributed by atoms with Crippen molar-refractivity contribution in [3.05, 3.63) is 89.5 Å². The molecule has 0 spiro atoms. The Bertz CT molecular complexity index is 1430. The van der Waals surface area contributed by atoms with E-state index in [1.807, 2.05) is 31.2 Å². The van der Waals surface area contributed by atoms with Gasteiger partial charge in [0.1, 0.15) is 16.8 Å². The summed E-state index contributed by atoms with van der Waals surface area (Å²) in [4.78, 5) is 28.9. The second kappa shape index (κ2) is 9.67. The predicted molar refractivity (Wildman–Crippen MR) is 142 cm³/mol. The Labute approximate surface area is 217 Å². The van der Waals surface area contributed by atoms with Crippen molar-refractivity contribution in [3.63, 3.8) is 0 Å². The Morgan fingerprint density at radius 3 is 2.22 bits per heavy atom. The van der Waals surface area contributed by atoms with Gasteiger partial charge in [0.05, 0.1) is 23.4 Å². The van der Waals surface area contributed by atoms with Crippen LogP contribution in [0.3, 0.4) is 0 Å². The summed E-state index contributed by atoms with van der Waals surface area (Å²) in [6.45, 7) is 7.09. The lowest BCUT2D eigenvalue weighted by molar-refractivity contribution is -0.121. The van der Waals surface area contributed by atoms with Gasteiger partial charge in [0.2, 0.25) is 0 Å². The Balaban J connectivity index is 1.91. The Hall–Kier alpha value is -3.65. The molecule has 37 heavy (non-hydrogen) atoms. The third-order valence-electron chi connectivity index (χ3n) is 6.44. The van der Waals surface area contributed by atoms with Gasteiger partial charge in [-0.25, -0.2) is 18.1 Å². The summed E-state index contributed by atoms with van der Waals surface area (Å²) in [5.74, 6) is -0.382. The average molecular weight is 522 g/mol. The zero-order chi connectivity index (χ0) is 27.0. The number of rotatable bonds is 6. The van der Waals surface area contributed by atoms with Crippen LogP contribution in [0, 0.1) is 6.92 Å². The normalized spacial score (nSPS) is 17.4. The maximum absolute atomic E-state index is 14.3. The topological polar surface area (TPSA) is 90.0 Å².